The van der Waals surface area contributed by atoms with Gasteiger partial charge in [0.15, 0.2) is 0 Å². The normalized spacial score (nSPS) is 21.6. The summed E-state index contributed by atoms with van der Waals surface area (Å²) in [7, 11) is 2.37. The molecular formula is C10H22O5Si. The van der Waals surface area contributed by atoms with Crippen LogP contribution < -0.4 is 0 Å². The van der Waals surface area contributed by atoms with E-state index in [1.807, 2.05) is 0 Å². The van der Waals surface area contributed by atoms with E-state index in [4.69, 9.17) is 22.8 Å². The average molecular weight is 250 g/mol. The molecule has 0 aromatic rings. The van der Waals surface area contributed by atoms with Crippen molar-refractivity contribution in [3.63, 3.8) is 0 Å². The highest BCUT2D eigenvalue weighted by Crippen LogP contribution is 2.14. The lowest BCUT2D eigenvalue weighted by Gasteiger charge is -2.24. The molecule has 0 aromatic carbocycles. The SMILES string of the molecule is CO[Si](CCOCC1CCCO1)(OC)OC. The number of hydrogen-bond donors (Lipinski definition) is 0. The Labute approximate surface area is 98.3 Å². The van der Waals surface area contributed by atoms with Crippen molar-refractivity contribution in [1.29, 1.82) is 0 Å². The van der Waals surface area contributed by atoms with Gasteiger partial charge in [0.1, 0.15) is 0 Å². The summed E-state index contributed by atoms with van der Waals surface area (Å²) in [6.45, 7) is 2.10. The van der Waals surface area contributed by atoms with Gasteiger partial charge in [0.05, 0.1) is 19.3 Å². The Bertz CT molecular complexity index is 172. The van der Waals surface area contributed by atoms with Crippen molar-refractivity contribution < 1.29 is 22.8 Å². The third-order valence-electron chi connectivity index (χ3n) is 2.81. The second kappa shape index (κ2) is 7.36. The van der Waals surface area contributed by atoms with Crippen LogP contribution in [0.3, 0.4) is 0 Å². The fourth-order valence-electron chi connectivity index (χ4n) is 1.74. The van der Waals surface area contributed by atoms with Crippen molar-refractivity contribution in [3.05, 3.63) is 0 Å². The van der Waals surface area contributed by atoms with Crippen LogP contribution in [0.1, 0.15) is 12.8 Å². The van der Waals surface area contributed by atoms with Gasteiger partial charge in [-0.3, -0.25) is 0 Å². The van der Waals surface area contributed by atoms with E-state index >= 15 is 0 Å². The van der Waals surface area contributed by atoms with Crippen LogP contribution in [0.25, 0.3) is 0 Å². The molecule has 0 saturated carbocycles. The molecular weight excluding hydrogens is 228 g/mol. The van der Waals surface area contributed by atoms with E-state index in [-0.39, 0.29) is 6.10 Å². The summed E-state index contributed by atoms with van der Waals surface area (Å²) in [6.07, 6.45) is 2.51. The minimum atomic E-state index is -2.46. The molecule has 1 unspecified atom stereocenters. The molecule has 1 aliphatic rings. The van der Waals surface area contributed by atoms with Gasteiger partial charge < -0.3 is 22.8 Å². The van der Waals surface area contributed by atoms with E-state index in [0.29, 0.717) is 19.3 Å². The number of hydrogen-bond acceptors (Lipinski definition) is 5. The second-order valence-corrected chi connectivity index (χ2v) is 6.85. The topological polar surface area (TPSA) is 46.2 Å². The van der Waals surface area contributed by atoms with Gasteiger partial charge in [0.25, 0.3) is 0 Å². The smallest absolute Gasteiger partial charge is 0.379 e. The van der Waals surface area contributed by atoms with Gasteiger partial charge in [0, 0.05) is 34.0 Å². The van der Waals surface area contributed by atoms with E-state index < -0.39 is 8.80 Å². The zero-order valence-corrected chi connectivity index (χ0v) is 11.4. The summed E-state index contributed by atoms with van der Waals surface area (Å²) < 4.78 is 26.9. The van der Waals surface area contributed by atoms with Crippen LogP contribution in [0.15, 0.2) is 0 Å². The average Bonchev–Trinajstić information content (AvgIpc) is 2.83. The number of rotatable bonds is 8. The maximum Gasteiger partial charge on any atom is 0.502 e. The Morgan fingerprint density at radius 1 is 1.19 bits per heavy atom. The van der Waals surface area contributed by atoms with Crippen LogP contribution in [-0.4, -0.2) is 56.1 Å². The van der Waals surface area contributed by atoms with E-state index in [1.54, 1.807) is 21.3 Å². The molecule has 0 aliphatic carbocycles. The molecule has 1 atom stereocenters. The first-order valence-electron chi connectivity index (χ1n) is 5.61. The summed E-state index contributed by atoms with van der Waals surface area (Å²) >= 11 is 0. The van der Waals surface area contributed by atoms with Gasteiger partial charge >= 0.3 is 8.80 Å². The summed E-state index contributed by atoms with van der Waals surface area (Å²) in [6, 6.07) is 0.670. The third kappa shape index (κ3) is 4.12. The predicted molar refractivity (Wildman–Crippen MR) is 61.4 cm³/mol. The lowest BCUT2D eigenvalue weighted by molar-refractivity contribution is 0.0163. The first-order chi connectivity index (χ1) is 7.76. The Morgan fingerprint density at radius 2 is 1.88 bits per heavy atom. The van der Waals surface area contributed by atoms with Gasteiger partial charge in [-0.1, -0.05) is 0 Å². The maximum absolute atomic E-state index is 5.55. The van der Waals surface area contributed by atoms with Gasteiger partial charge in [-0.2, -0.15) is 0 Å². The maximum atomic E-state index is 5.55. The zero-order valence-electron chi connectivity index (χ0n) is 10.4. The van der Waals surface area contributed by atoms with Crippen molar-refractivity contribution in [3.8, 4) is 0 Å². The van der Waals surface area contributed by atoms with Gasteiger partial charge in [-0.05, 0) is 12.8 Å². The molecule has 0 N–H and O–H groups in total. The standard InChI is InChI=1S/C10H22O5Si/c1-11-16(12-2,13-3)8-7-14-9-10-5-4-6-15-10/h10H,4-9H2,1-3H3. The molecule has 1 saturated heterocycles. The third-order valence-corrected chi connectivity index (χ3v) is 5.50. The van der Waals surface area contributed by atoms with Crippen LogP contribution in [-0.2, 0) is 22.8 Å². The monoisotopic (exact) mass is 250 g/mol. The fraction of sp³-hybridized carbons (Fsp3) is 1.00. The van der Waals surface area contributed by atoms with Gasteiger partial charge in [-0.15, -0.1) is 0 Å². The quantitative estimate of drug-likeness (QED) is 0.476. The first kappa shape index (κ1) is 14.1. The highest BCUT2D eigenvalue weighted by molar-refractivity contribution is 6.60. The molecule has 0 bridgehead atoms. The highest BCUT2D eigenvalue weighted by Gasteiger charge is 2.37. The van der Waals surface area contributed by atoms with Crippen molar-refractivity contribution >= 4 is 8.80 Å². The van der Waals surface area contributed by atoms with Crippen LogP contribution in [0.4, 0.5) is 0 Å². The van der Waals surface area contributed by atoms with E-state index in [0.717, 1.165) is 19.4 Å². The second-order valence-electron chi connectivity index (χ2n) is 3.76. The minimum absolute atomic E-state index is 0.267. The lowest BCUT2D eigenvalue weighted by Crippen LogP contribution is -2.43. The molecule has 1 fully saturated rings. The van der Waals surface area contributed by atoms with Crippen molar-refractivity contribution in [2.75, 3.05) is 41.2 Å². The van der Waals surface area contributed by atoms with E-state index in [2.05, 4.69) is 0 Å². The molecule has 1 rings (SSSR count). The van der Waals surface area contributed by atoms with E-state index in [1.165, 1.54) is 0 Å². The van der Waals surface area contributed by atoms with Gasteiger partial charge in [-0.25, -0.2) is 0 Å². The highest BCUT2D eigenvalue weighted by atomic mass is 28.4. The summed E-state index contributed by atoms with van der Waals surface area (Å²) in [4.78, 5) is 0. The molecule has 0 radical (unpaired) electrons. The van der Waals surface area contributed by atoms with Crippen LogP contribution >= 0.6 is 0 Å². The Balaban J connectivity index is 2.12. The molecule has 6 heteroatoms. The van der Waals surface area contributed by atoms with Crippen molar-refractivity contribution in [2.24, 2.45) is 0 Å². The predicted octanol–water partition coefficient (Wildman–Crippen LogP) is 1.06. The van der Waals surface area contributed by atoms with E-state index in [9.17, 15) is 0 Å². The Kier molecular flexibility index (Phi) is 6.48. The summed E-state index contributed by atoms with van der Waals surface area (Å²) in [5.41, 5.74) is 0. The molecule has 1 aliphatic heterocycles. The molecule has 0 spiro atoms. The fourth-order valence-corrected chi connectivity index (χ4v) is 3.25. The largest absolute Gasteiger partial charge is 0.502 e. The van der Waals surface area contributed by atoms with Crippen molar-refractivity contribution in [1.82, 2.24) is 0 Å². The molecule has 96 valence electrons. The first-order valence-corrected chi connectivity index (χ1v) is 7.54. The Hall–Kier alpha value is 0.0169. The molecule has 16 heavy (non-hydrogen) atoms. The Morgan fingerprint density at radius 3 is 2.38 bits per heavy atom. The summed E-state index contributed by atoms with van der Waals surface area (Å²) in [5.74, 6) is 0. The van der Waals surface area contributed by atoms with Gasteiger partial charge in [0.2, 0.25) is 0 Å². The molecule has 0 aromatic heterocycles. The summed E-state index contributed by atoms with van der Waals surface area (Å²) in [5, 5.41) is 0. The number of ether oxygens (including phenoxy) is 2. The van der Waals surface area contributed by atoms with Crippen LogP contribution in [0, 0.1) is 0 Å². The lowest BCUT2D eigenvalue weighted by atomic mass is 10.2. The van der Waals surface area contributed by atoms with Crippen molar-refractivity contribution in [2.45, 2.75) is 25.0 Å². The van der Waals surface area contributed by atoms with Crippen LogP contribution in [0.5, 0.6) is 0 Å². The molecule has 0 amide bonds. The molecule has 5 nitrogen and oxygen atoms in total. The minimum Gasteiger partial charge on any atom is -0.379 e. The molecule has 1 heterocycles. The zero-order chi connectivity index (χ0) is 11.9. The van der Waals surface area contributed by atoms with Crippen LogP contribution in [0.2, 0.25) is 6.04 Å².